The number of H-pyrrole nitrogens is 2. The number of fused-ring (bicyclic) bond motifs is 3. The molecular formula is C44H55N7. The van der Waals surface area contributed by atoms with E-state index < -0.39 is 0 Å². The van der Waals surface area contributed by atoms with E-state index in [-0.39, 0.29) is 0 Å². The van der Waals surface area contributed by atoms with Gasteiger partial charge in [0.1, 0.15) is 11.6 Å². The van der Waals surface area contributed by atoms with E-state index in [0.29, 0.717) is 17.5 Å². The number of likely N-dealkylation sites (tertiary alicyclic amines) is 1. The van der Waals surface area contributed by atoms with Crippen molar-refractivity contribution in [2.75, 3.05) is 26.7 Å². The summed E-state index contributed by atoms with van der Waals surface area (Å²) < 4.78 is 0. The van der Waals surface area contributed by atoms with Gasteiger partial charge in [0.05, 0.1) is 35.9 Å². The third kappa shape index (κ3) is 7.67. The summed E-state index contributed by atoms with van der Waals surface area (Å²) in [5, 5.41) is 9.24. The Hall–Kier alpha value is -4.30. The Labute approximate surface area is 304 Å². The molecule has 266 valence electrons. The molecule has 4 unspecified atom stereocenters. The predicted molar refractivity (Wildman–Crippen MR) is 212 cm³/mol. The molecule has 7 nitrogen and oxygen atoms in total. The molecule has 3 aromatic carbocycles. The average molecular weight is 682 g/mol. The Morgan fingerprint density at radius 1 is 0.824 bits per heavy atom. The summed E-state index contributed by atoms with van der Waals surface area (Å²) >= 11 is 0. The maximum absolute atomic E-state index is 4.81. The lowest BCUT2D eigenvalue weighted by atomic mass is 9.98. The number of aromatic amines is 2. The van der Waals surface area contributed by atoms with E-state index in [1.165, 1.54) is 71.6 Å². The number of nitrogens with zero attached hydrogens (tertiary/aromatic N) is 3. The fourth-order valence-corrected chi connectivity index (χ4v) is 8.27. The van der Waals surface area contributed by atoms with Gasteiger partial charge in [0, 0.05) is 24.7 Å². The van der Waals surface area contributed by atoms with E-state index in [4.69, 9.17) is 9.97 Å². The molecule has 4 N–H and O–H groups in total. The first-order chi connectivity index (χ1) is 24.9. The van der Waals surface area contributed by atoms with Crippen molar-refractivity contribution < 1.29 is 0 Å². The number of aromatic nitrogens is 4. The maximum Gasteiger partial charge on any atom is 0.124 e. The van der Waals surface area contributed by atoms with Gasteiger partial charge in [0.15, 0.2) is 0 Å². The fraction of sp³-hybridized carbons (Fsp3) is 0.409. The second kappa shape index (κ2) is 15.5. The molecule has 4 fully saturated rings. The zero-order valence-corrected chi connectivity index (χ0v) is 30.7. The minimum atomic E-state index is 0.361. The highest BCUT2D eigenvalue weighted by atomic mass is 15.2. The molecule has 1 spiro atoms. The van der Waals surface area contributed by atoms with Crippen LogP contribution in [0.2, 0.25) is 0 Å². The van der Waals surface area contributed by atoms with Crippen LogP contribution in [0.4, 0.5) is 0 Å². The van der Waals surface area contributed by atoms with Crippen molar-refractivity contribution in [2.24, 2.45) is 11.3 Å². The quantitative estimate of drug-likeness (QED) is 0.0920. The number of likely N-dealkylation sites (N-methyl/N-ethyl adjacent to an activating group) is 1. The van der Waals surface area contributed by atoms with Crippen LogP contribution >= 0.6 is 0 Å². The van der Waals surface area contributed by atoms with E-state index >= 15 is 0 Å². The lowest BCUT2D eigenvalue weighted by Gasteiger charge is -2.30. The molecular weight excluding hydrogens is 627 g/mol. The standard InChI is InChI=1S/C35H36N6.C5H11N.C4H8/c1-41-28-11-10-27(16-28)32(41)34-37-18-30(40-34)22-4-2-21(3-5-22)23-6-7-25-15-26(9-8-24(25)14-23)31-19-36-33(39-31)29-17-35(12-13-35)20-38-29;1-3-5-6-4-2;1-3-4-2/h2-9,14-15,18-19,27-29,32,38H,10-13,16-17,20H2,1H3,(H,36,39)(H,37,40);3,6H,1,4-5H2,2H3;3H,1,4H2,2H3. The minimum absolute atomic E-state index is 0.361. The van der Waals surface area contributed by atoms with Crippen LogP contribution in [0.5, 0.6) is 0 Å². The number of hydrogen-bond acceptors (Lipinski definition) is 5. The Balaban J connectivity index is 0.000000362. The fourth-order valence-electron chi connectivity index (χ4n) is 8.27. The second-order valence-electron chi connectivity index (χ2n) is 15.0. The molecule has 5 aromatic rings. The molecule has 4 heterocycles. The maximum atomic E-state index is 4.81. The topological polar surface area (TPSA) is 84.7 Å². The van der Waals surface area contributed by atoms with Gasteiger partial charge in [-0.2, -0.15) is 0 Å². The molecule has 2 aliphatic heterocycles. The lowest BCUT2D eigenvalue weighted by molar-refractivity contribution is 0.171. The van der Waals surface area contributed by atoms with Gasteiger partial charge >= 0.3 is 0 Å². The molecule has 2 aliphatic carbocycles. The number of hydrogen-bond donors (Lipinski definition) is 4. The summed E-state index contributed by atoms with van der Waals surface area (Å²) in [4.78, 5) is 19.3. The van der Waals surface area contributed by atoms with Gasteiger partial charge in [0.25, 0.3) is 0 Å². The molecule has 2 saturated heterocycles. The highest BCUT2D eigenvalue weighted by Crippen LogP contribution is 2.54. The van der Waals surface area contributed by atoms with Crippen molar-refractivity contribution in [3.05, 3.63) is 110 Å². The van der Waals surface area contributed by atoms with E-state index in [0.717, 1.165) is 61.1 Å². The largest absolute Gasteiger partial charge is 0.341 e. The first-order valence-corrected chi connectivity index (χ1v) is 19.1. The number of nitrogens with one attached hydrogen (secondary N) is 4. The molecule has 2 saturated carbocycles. The number of piperidine rings is 1. The Morgan fingerprint density at radius 2 is 1.45 bits per heavy atom. The van der Waals surface area contributed by atoms with E-state index in [1.54, 1.807) is 0 Å². The molecule has 4 atom stereocenters. The van der Waals surface area contributed by atoms with E-state index in [2.05, 4.69) is 120 Å². The van der Waals surface area contributed by atoms with Crippen LogP contribution in [0.3, 0.4) is 0 Å². The third-order valence-electron chi connectivity index (χ3n) is 11.5. The Morgan fingerprint density at radius 3 is 2.06 bits per heavy atom. The van der Waals surface area contributed by atoms with Crippen LogP contribution in [0.25, 0.3) is 44.4 Å². The Bertz CT molecular complexity index is 1930. The number of benzene rings is 3. The van der Waals surface area contributed by atoms with E-state index in [9.17, 15) is 0 Å². The zero-order valence-electron chi connectivity index (χ0n) is 30.7. The smallest absolute Gasteiger partial charge is 0.124 e. The van der Waals surface area contributed by atoms with Gasteiger partial charge in [-0.05, 0) is 109 Å². The highest BCUT2D eigenvalue weighted by molar-refractivity contribution is 5.90. The van der Waals surface area contributed by atoms with Gasteiger partial charge < -0.3 is 20.6 Å². The van der Waals surface area contributed by atoms with Gasteiger partial charge in [-0.25, -0.2) is 9.97 Å². The summed E-state index contributed by atoms with van der Waals surface area (Å²) in [6.45, 7) is 14.2. The van der Waals surface area contributed by atoms with Gasteiger partial charge in [-0.3, -0.25) is 4.90 Å². The van der Waals surface area contributed by atoms with Crippen molar-refractivity contribution in [1.29, 1.82) is 0 Å². The minimum Gasteiger partial charge on any atom is -0.341 e. The van der Waals surface area contributed by atoms with Crippen molar-refractivity contribution >= 4 is 10.8 Å². The summed E-state index contributed by atoms with van der Waals surface area (Å²) in [6.07, 6.45) is 16.7. The second-order valence-corrected chi connectivity index (χ2v) is 15.0. The van der Waals surface area contributed by atoms with Gasteiger partial charge in [-0.1, -0.05) is 74.5 Å². The number of allylic oxidation sites excluding steroid dienone is 1. The van der Waals surface area contributed by atoms with E-state index in [1.807, 2.05) is 24.5 Å². The van der Waals surface area contributed by atoms with Crippen molar-refractivity contribution in [3.63, 3.8) is 0 Å². The normalized spacial score (nSPS) is 22.7. The predicted octanol–water partition coefficient (Wildman–Crippen LogP) is 9.62. The van der Waals surface area contributed by atoms with Crippen molar-refractivity contribution in [2.45, 2.75) is 76.9 Å². The van der Waals surface area contributed by atoms with Crippen molar-refractivity contribution in [3.8, 4) is 33.6 Å². The summed E-state index contributed by atoms with van der Waals surface area (Å²) in [7, 11) is 2.26. The molecule has 4 aliphatic rings. The van der Waals surface area contributed by atoms with Crippen LogP contribution in [0.15, 0.2) is 98.4 Å². The molecule has 9 rings (SSSR count). The lowest BCUT2D eigenvalue weighted by Crippen LogP contribution is -2.31. The van der Waals surface area contributed by atoms with Gasteiger partial charge in [0.2, 0.25) is 0 Å². The van der Waals surface area contributed by atoms with Crippen LogP contribution in [0, 0.1) is 11.3 Å². The molecule has 2 aromatic heterocycles. The van der Waals surface area contributed by atoms with Crippen LogP contribution < -0.4 is 10.6 Å². The zero-order chi connectivity index (χ0) is 35.4. The average Bonchev–Trinajstić information content (AvgIpc) is 3.80. The summed E-state index contributed by atoms with van der Waals surface area (Å²) in [6, 6.07) is 23.9. The first kappa shape index (κ1) is 35.1. The van der Waals surface area contributed by atoms with Crippen molar-refractivity contribution in [1.82, 2.24) is 35.5 Å². The van der Waals surface area contributed by atoms with Crippen LogP contribution in [-0.4, -0.2) is 57.6 Å². The number of imidazole rings is 2. The first-order valence-electron chi connectivity index (χ1n) is 19.1. The molecule has 51 heavy (non-hydrogen) atoms. The SMILES string of the molecule is C=CCC.C=CCNCC.CN1C2CCC(C2)C1c1ncc(-c2ccc(-c3ccc4cc(-c5cnc(C6CC7(CC7)CN6)[nH]5)ccc4c3)cc2)[nH]1. The molecule has 7 heteroatoms. The third-order valence-corrected chi connectivity index (χ3v) is 11.5. The van der Waals surface area contributed by atoms with Crippen LogP contribution in [-0.2, 0) is 0 Å². The molecule has 0 amide bonds. The van der Waals surface area contributed by atoms with Crippen LogP contribution in [0.1, 0.15) is 82.5 Å². The summed E-state index contributed by atoms with van der Waals surface area (Å²) in [5.41, 5.74) is 7.58. The highest BCUT2D eigenvalue weighted by Gasteiger charge is 2.49. The number of rotatable bonds is 9. The Kier molecular flexibility index (Phi) is 10.7. The molecule has 0 radical (unpaired) electrons. The molecule has 2 bridgehead atoms. The summed E-state index contributed by atoms with van der Waals surface area (Å²) in [5.74, 6) is 2.95. The van der Waals surface area contributed by atoms with Gasteiger partial charge in [-0.15, -0.1) is 13.2 Å². The monoisotopic (exact) mass is 681 g/mol.